The fourth-order valence-electron chi connectivity index (χ4n) is 6.89. The monoisotopic (exact) mass is 708 g/mol. The Morgan fingerprint density at radius 2 is 1.69 bits per heavy atom. The molecule has 0 bridgehead atoms. The summed E-state index contributed by atoms with van der Waals surface area (Å²) in [4.78, 5) is 48.7. The highest BCUT2D eigenvalue weighted by Gasteiger charge is 2.26. The van der Waals surface area contributed by atoms with Crippen molar-refractivity contribution in [3.8, 4) is 11.1 Å². The zero-order valence-electron chi connectivity index (χ0n) is 29.4. The van der Waals surface area contributed by atoms with Crippen LogP contribution in [0.1, 0.15) is 94.7 Å². The van der Waals surface area contributed by atoms with Gasteiger partial charge >= 0.3 is 11.9 Å². The first kappa shape index (κ1) is 35.7. The number of carboxylic acid groups (broad SMARTS) is 1. The topological polar surface area (TPSA) is 140 Å². The van der Waals surface area contributed by atoms with Gasteiger partial charge in [0, 0.05) is 48.4 Å². The average molecular weight is 709 g/mol. The van der Waals surface area contributed by atoms with Crippen molar-refractivity contribution in [2.24, 2.45) is 0 Å². The van der Waals surface area contributed by atoms with Gasteiger partial charge in [-0.1, -0.05) is 67.7 Å². The minimum atomic E-state index is -1.10. The van der Waals surface area contributed by atoms with E-state index in [-0.39, 0.29) is 17.6 Å². The number of benzene rings is 2. The van der Waals surface area contributed by atoms with E-state index >= 15 is 0 Å². The molecule has 11 nitrogen and oxygen atoms in total. The van der Waals surface area contributed by atoms with Crippen molar-refractivity contribution in [2.45, 2.75) is 84.7 Å². The summed E-state index contributed by atoms with van der Waals surface area (Å²) in [5.41, 5.74) is 6.42. The van der Waals surface area contributed by atoms with Crippen LogP contribution in [0.5, 0.6) is 0 Å². The molecule has 0 fully saturated rings. The minimum Gasteiger partial charge on any atom is -0.476 e. The second-order valence-corrected chi connectivity index (χ2v) is 14.0. The Bertz CT molecular complexity index is 2020. The largest absolute Gasteiger partial charge is 0.476 e. The summed E-state index contributed by atoms with van der Waals surface area (Å²) in [5.74, 6) is -0.916. The van der Waals surface area contributed by atoms with Crippen molar-refractivity contribution in [2.75, 3.05) is 23.9 Å². The molecule has 0 aliphatic carbocycles. The highest BCUT2D eigenvalue weighted by molar-refractivity contribution is 7.22. The molecule has 266 valence electrons. The van der Waals surface area contributed by atoms with Gasteiger partial charge in [0.15, 0.2) is 10.8 Å². The summed E-state index contributed by atoms with van der Waals surface area (Å²) in [6, 6.07) is 17.3. The first-order valence-electron chi connectivity index (χ1n) is 17.6. The van der Waals surface area contributed by atoms with Crippen LogP contribution >= 0.6 is 11.3 Å². The van der Waals surface area contributed by atoms with Gasteiger partial charge in [-0.2, -0.15) is 5.10 Å². The van der Waals surface area contributed by atoms with E-state index in [9.17, 15) is 19.5 Å². The molecule has 0 spiro atoms. The second kappa shape index (κ2) is 16.3. The number of ether oxygens (including phenoxy) is 1. The number of unbranched alkanes of at least 4 members (excludes halogenated alkanes) is 6. The first-order valence-corrected chi connectivity index (χ1v) is 18.4. The van der Waals surface area contributed by atoms with E-state index in [1.807, 2.05) is 78.0 Å². The zero-order chi connectivity index (χ0) is 35.9. The molecule has 3 aromatic heterocycles. The number of fused-ring (bicyclic) bond motifs is 2. The number of carbonyl (C=O) groups is 3. The summed E-state index contributed by atoms with van der Waals surface area (Å²) in [6.07, 6.45) is 8.49. The number of hydrogen-bond donors (Lipinski definition) is 2. The number of aromatic carboxylic acids is 1. The number of hydrogen-bond acceptors (Lipinski definition) is 9. The summed E-state index contributed by atoms with van der Waals surface area (Å²) in [7, 11) is 1.42. The third-order valence-electron chi connectivity index (χ3n) is 9.57. The molecule has 0 unspecified atom stereocenters. The van der Waals surface area contributed by atoms with E-state index in [1.54, 1.807) is 0 Å². The lowest BCUT2D eigenvalue weighted by atomic mass is 9.94. The molecule has 51 heavy (non-hydrogen) atoms. The molecule has 1 aliphatic heterocycles. The second-order valence-electron chi connectivity index (χ2n) is 13.0. The Hall–Kier alpha value is -5.10. The van der Waals surface area contributed by atoms with Gasteiger partial charge in [0.25, 0.3) is 5.91 Å². The fraction of sp³-hybridized carbons (Fsp3) is 0.385. The number of carbonyl (C=O) groups excluding carboxylic acids is 2. The number of aromatic nitrogens is 4. The first-order chi connectivity index (χ1) is 24.7. The van der Waals surface area contributed by atoms with Gasteiger partial charge < -0.3 is 14.7 Å². The van der Waals surface area contributed by atoms with E-state index in [1.165, 1.54) is 18.4 Å². The van der Waals surface area contributed by atoms with Crippen molar-refractivity contribution in [1.82, 2.24) is 19.7 Å². The van der Waals surface area contributed by atoms with Gasteiger partial charge in [-0.05, 0) is 74.6 Å². The standard InChI is InChI=1S/C39H44N6O5S/c1-25-35(26(2)45(43-25)22-12-8-6-4-5-7-9-18-34(46)50-3)29-19-20-33(41-36(29)38(48)49)44-23-21-27-14-13-15-28(30(27)24-44)37(47)42-39-40-31-16-10-11-17-32(31)51-39/h10-11,13-17,19-20H,4-9,12,18,21-24H2,1-3H3,(H,48,49)(H,40,42,47). The predicted molar refractivity (Wildman–Crippen MR) is 200 cm³/mol. The SMILES string of the molecule is COC(=O)CCCCCCCCCn1nc(C)c(-c2ccc(N3CCc4cccc(C(=O)Nc5nc6ccccc6s5)c4C3)nc2C(=O)O)c1C. The number of nitrogens with zero attached hydrogens (tertiary/aromatic N) is 5. The number of methoxy groups -OCH3 is 1. The number of carboxylic acids is 1. The van der Waals surface area contributed by atoms with Crippen molar-refractivity contribution >= 4 is 50.3 Å². The highest BCUT2D eigenvalue weighted by atomic mass is 32.1. The summed E-state index contributed by atoms with van der Waals surface area (Å²) < 4.78 is 7.67. The summed E-state index contributed by atoms with van der Waals surface area (Å²) in [5, 5.41) is 18.6. The Labute approximate surface area is 301 Å². The Morgan fingerprint density at radius 1 is 0.922 bits per heavy atom. The lowest BCUT2D eigenvalue weighted by molar-refractivity contribution is -0.140. The Balaban J connectivity index is 1.12. The van der Waals surface area contributed by atoms with Crippen molar-refractivity contribution in [3.63, 3.8) is 0 Å². The van der Waals surface area contributed by atoms with Gasteiger partial charge in [-0.15, -0.1) is 0 Å². The zero-order valence-corrected chi connectivity index (χ0v) is 30.2. The Kier molecular flexibility index (Phi) is 11.4. The number of para-hydroxylation sites is 1. The number of rotatable bonds is 15. The Morgan fingerprint density at radius 3 is 2.45 bits per heavy atom. The third-order valence-corrected chi connectivity index (χ3v) is 10.5. The average Bonchev–Trinajstić information content (AvgIpc) is 3.67. The maximum absolute atomic E-state index is 13.5. The van der Waals surface area contributed by atoms with Crippen LogP contribution in [0.15, 0.2) is 54.6 Å². The van der Waals surface area contributed by atoms with Gasteiger partial charge in [0.2, 0.25) is 0 Å². The van der Waals surface area contributed by atoms with Crippen LogP contribution in [0.3, 0.4) is 0 Å². The molecule has 0 atom stereocenters. The molecule has 0 radical (unpaired) electrons. The number of thiazole rings is 1. The van der Waals surface area contributed by atoms with Gasteiger partial charge in [-0.25, -0.2) is 14.8 Å². The van der Waals surface area contributed by atoms with Crippen LogP contribution in [0, 0.1) is 13.8 Å². The predicted octanol–water partition coefficient (Wildman–Crippen LogP) is 7.98. The molecule has 4 heterocycles. The normalized spacial score (nSPS) is 12.6. The van der Waals surface area contributed by atoms with Gasteiger partial charge in [0.05, 0.1) is 23.0 Å². The van der Waals surface area contributed by atoms with E-state index in [0.717, 1.165) is 89.8 Å². The van der Waals surface area contributed by atoms with Gasteiger partial charge in [0.1, 0.15) is 5.82 Å². The van der Waals surface area contributed by atoms with E-state index in [0.29, 0.717) is 48.0 Å². The molecule has 6 rings (SSSR count). The van der Waals surface area contributed by atoms with Crippen LogP contribution < -0.4 is 10.2 Å². The smallest absolute Gasteiger partial charge is 0.355 e. The van der Waals surface area contributed by atoms with Gasteiger partial charge in [-0.3, -0.25) is 19.6 Å². The van der Waals surface area contributed by atoms with Crippen LogP contribution in [0.25, 0.3) is 21.3 Å². The number of aryl methyl sites for hydroxylation is 2. The number of amides is 1. The summed E-state index contributed by atoms with van der Waals surface area (Å²) in [6.45, 7) is 5.72. The van der Waals surface area contributed by atoms with Crippen LogP contribution in [0.2, 0.25) is 0 Å². The molecule has 12 heteroatoms. The van der Waals surface area contributed by atoms with Crippen LogP contribution in [0.4, 0.5) is 10.9 Å². The highest BCUT2D eigenvalue weighted by Crippen LogP contribution is 2.33. The van der Waals surface area contributed by atoms with Crippen molar-refractivity contribution < 1.29 is 24.2 Å². The summed E-state index contributed by atoms with van der Waals surface area (Å²) >= 11 is 1.44. The van der Waals surface area contributed by atoms with Crippen LogP contribution in [-0.4, -0.2) is 56.4 Å². The van der Waals surface area contributed by atoms with E-state index < -0.39 is 5.97 Å². The number of nitrogens with one attached hydrogen (secondary N) is 1. The molecular weight excluding hydrogens is 665 g/mol. The lowest BCUT2D eigenvalue weighted by Crippen LogP contribution is -2.33. The number of anilines is 2. The quantitative estimate of drug-likeness (QED) is 0.0819. The minimum absolute atomic E-state index is 0.0156. The molecule has 0 saturated heterocycles. The van der Waals surface area contributed by atoms with Crippen LogP contribution in [-0.2, 0) is 29.0 Å². The fourth-order valence-corrected chi connectivity index (χ4v) is 7.75. The van der Waals surface area contributed by atoms with E-state index in [2.05, 4.69) is 15.3 Å². The molecule has 1 amide bonds. The molecule has 2 N–H and O–H groups in total. The van der Waals surface area contributed by atoms with Crippen molar-refractivity contribution in [3.05, 3.63) is 88.4 Å². The molecule has 2 aromatic carbocycles. The van der Waals surface area contributed by atoms with E-state index in [4.69, 9.17) is 9.84 Å². The molecule has 0 saturated carbocycles. The molecule has 1 aliphatic rings. The maximum atomic E-state index is 13.5. The number of esters is 1. The molecular formula is C39H44N6O5S. The molecule has 5 aromatic rings. The number of pyridine rings is 1. The van der Waals surface area contributed by atoms with Crippen molar-refractivity contribution in [1.29, 1.82) is 0 Å². The maximum Gasteiger partial charge on any atom is 0.355 e. The third kappa shape index (κ3) is 8.28. The lowest BCUT2D eigenvalue weighted by Gasteiger charge is -2.31.